The van der Waals surface area contributed by atoms with Crippen molar-refractivity contribution in [2.45, 2.75) is 11.3 Å². The van der Waals surface area contributed by atoms with Crippen molar-refractivity contribution in [1.29, 1.82) is 0 Å². The van der Waals surface area contributed by atoms with Crippen LogP contribution in [0.4, 0.5) is 0 Å². The third kappa shape index (κ3) is 3.38. The van der Waals surface area contributed by atoms with E-state index in [4.69, 9.17) is 0 Å². The van der Waals surface area contributed by atoms with Gasteiger partial charge in [0, 0.05) is 13.0 Å². The molecule has 2 heterocycles. The van der Waals surface area contributed by atoms with E-state index in [1.807, 2.05) is 0 Å². The average Bonchev–Trinajstić information content (AvgIpc) is 2.88. The molecule has 0 spiro atoms. The van der Waals surface area contributed by atoms with Crippen molar-refractivity contribution in [3.8, 4) is 0 Å². The standard InChI is InChI=1S/C8H8Br2N4O2S2/c9-6-3-5(8(10)17-6)18(15,16)13-2-1-7-11-4-12-14-7/h3-4,13H,1-2H2,(H,11,12,14). The van der Waals surface area contributed by atoms with Crippen molar-refractivity contribution in [2.75, 3.05) is 6.54 Å². The van der Waals surface area contributed by atoms with Gasteiger partial charge in [0.25, 0.3) is 0 Å². The van der Waals surface area contributed by atoms with Gasteiger partial charge in [-0.15, -0.1) is 11.3 Å². The molecule has 0 bridgehead atoms. The second kappa shape index (κ2) is 5.78. The molecule has 0 fully saturated rings. The molecule has 98 valence electrons. The number of halogens is 2. The van der Waals surface area contributed by atoms with Gasteiger partial charge in [0.2, 0.25) is 10.0 Å². The first-order valence-corrected chi connectivity index (χ1v) is 8.66. The summed E-state index contributed by atoms with van der Waals surface area (Å²) in [6.07, 6.45) is 1.85. The number of rotatable bonds is 5. The largest absolute Gasteiger partial charge is 0.263 e. The van der Waals surface area contributed by atoms with Gasteiger partial charge in [0.1, 0.15) is 17.0 Å². The number of aromatic nitrogens is 3. The fraction of sp³-hybridized carbons (Fsp3) is 0.250. The molecule has 2 N–H and O–H groups in total. The van der Waals surface area contributed by atoms with E-state index in [1.54, 1.807) is 6.07 Å². The maximum Gasteiger partial charge on any atom is 0.242 e. The van der Waals surface area contributed by atoms with E-state index in [0.717, 1.165) is 3.79 Å². The van der Waals surface area contributed by atoms with Crippen LogP contribution in [0.5, 0.6) is 0 Å². The Morgan fingerprint density at radius 2 is 2.22 bits per heavy atom. The lowest BCUT2D eigenvalue weighted by molar-refractivity contribution is 0.581. The Hall–Kier alpha value is -0.290. The van der Waals surface area contributed by atoms with E-state index in [2.05, 4.69) is 51.8 Å². The summed E-state index contributed by atoms with van der Waals surface area (Å²) in [5.74, 6) is 0.642. The van der Waals surface area contributed by atoms with Crippen LogP contribution in [0.3, 0.4) is 0 Å². The van der Waals surface area contributed by atoms with Gasteiger partial charge in [0.15, 0.2) is 0 Å². The van der Waals surface area contributed by atoms with Crippen LogP contribution >= 0.6 is 43.2 Å². The number of hydrogen-bond donors (Lipinski definition) is 2. The third-order valence-corrected chi connectivity index (χ3v) is 6.25. The number of H-pyrrole nitrogens is 1. The molecule has 0 saturated carbocycles. The highest BCUT2D eigenvalue weighted by atomic mass is 79.9. The highest BCUT2D eigenvalue weighted by molar-refractivity contribution is 9.12. The number of nitrogens with one attached hydrogen (secondary N) is 2. The predicted molar refractivity (Wildman–Crippen MR) is 75.0 cm³/mol. The summed E-state index contributed by atoms with van der Waals surface area (Å²) in [6, 6.07) is 1.56. The maximum absolute atomic E-state index is 12.0. The normalized spacial score (nSPS) is 11.9. The first-order chi connectivity index (χ1) is 8.49. The highest BCUT2D eigenvalue weighted by Crippen LogP contribution is 2.34. The van der Waals surface area contributed by atoms with Crippen LogP contribution in [-0.2, 0) is 16.4 Å². The lowest BCUT2D eigenvalue weighted by Gasteiger charge is -2.04. The molecule has 2 aromatic rings. The van der Waals surface area contributed by atoms with Crippen molar-refractivity contribution in [3.05, 3.63) is 25.8 Å². The molecule has 0 saturated heterocycles. The Morgan fingerprint density at radius 3 is 2.78 bits per heavy atom. The van der Waals surface area contributed by atoms with Crippen LogP contribution in [-0.4, -0.2) is 30.1 Å². The van der Waals surface area contributed by atoms with Gasteiger partial charge in [0.05, 0.1) is 7.57 Å². The van der Waals surface area contributed by atoms with Crippen molar-refractivity contribution < 1.29 is 8.42 Å². The first-order valence-electron chi connectivity index (χ1n) is 4.78. The summed E-state index contributed by atoms with van der Waals surface area (Å²) in [6.45, 7) is 0.261. The number of aromatic amines is 1. The maximum atomic E-state index is 12.0. The van der Waals surface area contributed by atoms with E-state index in [9.17, 15) is 8.42 Å². The molecule has 0 aliphatic rings. The summed E-state index contributed by atoms with van der Waals surface area (Å²) in [5.41, 5.74) is 0. The first kappa shape index (κ1) is 14.1. The lowest BCUT2D eigenvalue weighted by Crippen LogP contribution is -2.26. The molecule has 18 heavy (non-hydrogen) atoms. The summed E-state index contributed by atoms with van der Waals surface area (Å²) in [4.78, 5) is 4.15. The Kier molecular flexibility index (Phi) is 4.54. The topological polar surface area (TPSA) is 87.7 Å². The van der Waals surface area contributed by atoms with Gasteiger partial charge >= 0.3 is 0 Å². The molecule has 2 rings (SSSR count). The fourth-order valence-corrected chi connectivity index (χ4v) is 6.08. The Balaban J connectivity index is 2.02. The van der Waals surface area contributed by atoms with Gasteiger partial charge in [-0.2, -0.15) is 5.10 Å². The average molecular weight is 416 g/mol. The minimum Gasteiger partial charge on any atom is -0.263 e. The zero-order valence-corrected chi connectivity index (χ0v) is 13.7. The Morgan fingerprint density at radius 1 is 1.44 bits per heavy atom. The third-order valence-electron chi connectivity index (χ3n) is 2.03. The SMILES string of the molecule is O=S(=O)(NCCc1ncn[nH]1)c1cc(Br)sc1Br. The van der Waals surface area contributed by atoms with Gasteiger partial charge < -0.3 is 0 Å². The van der Waals surface area contributed by atoms with Crippen LogP contribution in [0, 0.1) is 0 Å². The van der Waals surface area contributed by atoms with E-state index in [0.29, 0.717) is 16.0 Å². The number of sulfonamides is 1. The molecule has 0 aliphatic heterocycles. The Bertz CT molecular complexity index is 624. The van der Waals surface area contributed by atoms with Crippen molar-refractivity contribution in [3.63, 3.8) is 0 Å². The molecular weight excluding hydrogens is 408 g/mol. The fourth-order valence-electron chi connectivity index (χ4n) is 1.24. The molecule has 0 amide bonds. The lowest BCUT2D eigenvalue weighted by atomic mass is 10.4. The number of thiophene rings is 1. The van der Waals surface area contributed by atoms with Crippen molar-refractivity contribution >= 4 is 53.2 Å². The smallest absolute Gasteiger partial charge is 0.242 e. The number of hydrogen-bond acceptors (Lipinski definition) is 5. The van der Waals surface area contributed by atoms with E-state index in [-0.39, 0.29) is 11.4 Å². The van der Waals surface area contributed by atoms with Crippen LogP contribution in [0.2, 0.25) is 0 Å². The monoisotopic (exact) mass is 414 g/mol. The van der Waals surface area contributed by atoms with Gasteiger partial charge in [-0.05, 0) is 37.9 Å². The summed E-state index contributed by atoms with van der Waals surface area (Å²) in [5, 5.41) is 6.36. The van der Waals surface area contributed by atoms with Crippen LogP contribution in [0.25, 0.3) is 0 Å². The zero-order chi connectivity index (χ0) is 13.2. The predicted octanol–water partition coefficient (Wildman–Crippen LogP) is 1.91. The van der Waals surface area contributed by atoms with Gasteiger partial charge in [-0.3, -0.25) is 5.10 Å². The van der Waals surface area contributed by atoms with E-state index < -0.39 is 10.0 Å². The van der Waals surface area contributed by atoms with Crippen molar-refractivity contribution in [2.24, 2.45) is 0 Å². The molecular formula is C8H8Br2N4O2S2. The Labute approximate surface area is 125 Å². The van der Waals surface area contributed by atoms with Crippen LogP contribution in [0.1, 0.15) is 5.82 Å². The molecule has 0 atom stereocenters. The second-order valence-corrected chi connectivity index (χ2v) is 8.75. The van der Waals surface area contributed by atoms with Crippen LogP contribution < -0.4 is 4.72 Å². The van der Waals surface area contributed by atoms with Crippen molar-refractivity contribution in [1.82, 2.24) is 19.9 Å². The summed E-state index contributed by atoms with van der Waals surface area (Å²) in [7, 11) is -3.50. The number of nitrogens with zero attached hydrogens (tertiary/aromatic N) is 2. The van der Waals surface area contributed by atoms with E-state index in [1.165, 1.54) is 17.7 Å². The summed E-state index contributed by atoms with van der Waals surface area (Å²) >= 11 is 7.79. The molecule has 0 aliphatic carbocycles. The molecule has 0 unspecified atom stereocenters. The van der Waals surface area contributed by atoms with Crippen LogP contribution in [0.15, 0.2) is 24.9 Å². The molecule has 10 heteroatoms. The molecule has 0 radical (unpaired) electrons. The minimum atomic E-state index is -3.50. The molecule has 6 nitrogen and oxygen atoms in total. The van der Waals surface area contributed by atoms with Gasteiger partial charge in [-0.25, -0.2) is 18.1 Å². The second-order valence-electron chi connectivity index (χ2n) is 3.27. The van der Waals surface area contributed by atoms with E-state index >= 15 is 0 Å². The van der Waals surface area contributed by atoms with Gasteiger partial charge in [-0.1, -0.05) is 0 Å². The molecule has 0 aromatic carbocycles. The highest BCUT2D eigenvalue weighted by Gasteiger charge is 2.19. The summed E-state index contributed by atoms with van der Waals surface area (Å²) < 4.78 is 27.8. The quantitative estimate of drug-likeness (QED) is 0.780. The molecule has 2 aromatic heterocycles. The zero-order valence-electron chi connectivity index (χ0n) is 8.85. The minimum absolute atomic E-state index is 0.233.